The van der Waals surface area contributed by atoms with E-state index in [1.54, 1.807) is 29.4 Å². The third-order valence-corrected chi connectivity index (χ3v) is 12.1. The van der Waals surface area contributed by atoms with Gasteiger partial charge in [0.25, 0.3) is 5.91 Å². The van der Waals surface area contributed by atoms with Crippen LogP contribution in [-0.2, 0) is 25.5 Å². The molecule has 2 aliphatic rings. The molecular weight excluding hydrogens is 849 g/mol. The molecule has 0 spiro atoms. The van der Waals surface area contributed by atoms with Crippen molar-refractivity contribution >= 4 is 46.6 Å². The van der Waals surface area contributed by atoms with Crippen molar-refractivity contribution in [3.05, 3.63) is 102 Å². The summed E-state index contributed by atoms with van der Waals surface area (Å²) in [7, 11) is 0. The lowest BCUT2D eigenvalue weighted by Gasteiger charge is -2.33. The van der Waals surface area contributed by atoms with E-state index >= 15 is 0 Å². The minimum absolute atomic E-state index is 0.0461. The van der Waals surface area contributed by atoms with Gasteiger partial charge in [0, 0.05) is 67.2 Å². The second kappa shape index (κ2) is 20.8. The molecule has 1 aliphatic heterocycles. The van der Waals surface area contributed by atoms with Crippen molar-refractivity contribution in [2.24, 2.45) is 11.8 Å². The van der Waals surface area contributed by atoms with Crippen LogP contribution in [0, 0.1) is 18.8 Å². The highest BCUT2D eigenvalue weighted by Gasteiger charge is 2.31. The summed E-state index contributed by atoms with van der Waals surface area (Å²) in [5, 5.41) is 12.1. The van der Waals surface area contributed by atoms with E-state index < -0.39 is 23.3 Å². The molecule has 1 saturated carbocycles. The third kappa shape index (κ3) is 13.4. The zero-order valence-electron chi connectivity index (χ0n) is 39.7. The van der Waals surface area contributed by atoms with E-state index in [4.69, 9.17) is 14.5 Å². The molecule has 5 N–H and O–H groups in total. The van der Waals surface area contributed by atoms with E-state index in [-0.39, 0.29) is 48.1 Å². The average Bonchev–Trinajstić information content (AvgIpc) is 3.72. The number of nitrogens with zero attached hydrogens (tertiary/aromatic N) is 3. The second-order valence-corrected chi connectivity index (χ2v) is 19.9. The third-order valence-electron chi connectivity index (χ3n) is 12.1. The molecule has 5 aromatic rings. The number of piperidine rings is 1. The number of aromatic nitrogens is 3. The Labute approximate surface area is 392 Å². The lowest BCUT2D eigenvalue weighted by molar-refractivity contribution is -0.130. The molecule has 1 atom stereocenters. The summed E-state index contributed by atoms with van der Waals surface area (Å²) in [6.07, 6.45) is 7.00. The van der Waals surface area contributed by atoms with Crippen molar-refractivity contribution in [2.45, 2.75) is 117 Å². The summed E-state index contributed by atoms with van der Waals surface area (Å²) in [6, 6.07) is 21.9. The number of alkyl carbamates (subject to hydrolysis) is 1. The van der Waals surface area contributed by atoms with Gasteiger partial charge >= 0.3 is 12.2 Å². The molecule has 3 aromatic carbocycles. The number of aryl methyl sites for hydroxylation is 1. The number of imidazole rings is 1. The van der Waals surface area contributed by atoms with Gasteiger partial charge in [0.15, 0.2) is 0 Å². The minimum Gasteiger partial charge on any atom is -0.444 e. The molecule has 354 valence electrons. The molecule has 0 unspecified atom stereocenters. The molecule has 2 fully saturated rings. The van der Waals surface area contributed by atoms with Crippen LogP contribution in [0.3, 0.4) is 0 Å². The highest BCUT2D eigenvalue weighted by atomic mass is 16.6. The Morgan fingerprint density at radius 1 is 0.821 bits per heavy atom. The molecule has 0 bridgehead atoms. The van der Waals surface area contributed by atoms with Gasteiger partial charge in [0.1, 0.15) is 23.1 Å². The van der Waals surface area contributed by atoms with E-state index in [1.807, 2.05) is 109 Å². The fraction of sp³-hybridized carbons (Fsp3) is 0.442. The molecule has 15 heteroatoms. The zero-order chi connectivity index (χ0) is 47.9. The quantitative estimate of drug-likeness (QED) is 0.0813. The Morgan fingerprint density at radius 3 is 2.19 bits per heavy atom. The number of amides is 5. The van der Waals surface area contributed by atoms with Crippen molar-refractivity contribution in [1.29, 1.82) is 0 Å². The van der Waals surface area contributed by atoms with Crippen LogP contribution in [-0.4, -0.2) is 92.7 Å². The van der Waals surface area contributed by atoms with Gasteiger partial charge in [-0.1, -0.05) is 30.3 Å². The first-order valence-corrected chi connectivity index (χ1v) is 23.3. The van der Waals surface area contributed by atoms with Crippen molar-refractivity contribution in [2.75, 3.05) is 25.0 Å². The van der Waals surface area contributed by atoms with E-state index in [0.717, 1.165) is 46.2 Å². The van der Waals surface area contributed by atoms with Crippen LogP contribution in [0.1, 0.15) is 102 Å². The second-order valence-electron chi connectivity index (χ2n) is 19.9. The van der Waals surface area contributed by atoms with Gasteiger partial charge in [0.05, 0.1) is 11.0 Å². The van der Waals surface area contributed by atoms with Crippen LogP contribution in [0.4, 0.5) is 15.3 Å². The number of anilines is 1. The number of benzene rings is 3. The normalized spacial score (nSPS) is 17.3. The standard InChI is InChI=1S/C52H64N8O7/c1-32-27-37(47(62)55-39-22-25-60(26-23-39)50(65)67-52(5,6)7)18-20-41(32)35-14-10-33(11-15-35)28-44(59-46(61)36-16-12-34(13-17-36)30-54-49(64)66-51(2,3)4)48(63)56-40-19-21-42-43(29-40)58-45(57-42)38-9-8-24-53-31-38/h8-11,14-15,18-21,24,27,29,31,34,36,39,44H,12-13,16-17,22-23,25-26,28,30H2,1-7H3,(H,54,64)(H,55,62)(H,56,63)(H,57,58)(H,59,61)/t34-,36-,44-/m0/s1. The van der Waals surface area contributed by atoms with E-state index in [2.05, 4.69) is 31.2 Å². The monoisotopic (exact) mass is 912 g/mol. The van der Waals surface area contributed by atoms with Gasteiger partial charge in [-0.15, -0.1) is 0 Å². The largest absolute Gasteiger partial charge is 0.444 e. The number of fused-ring (bicyclic) bond motifs is 1. The van der Waals surface area contributed by atoms with Crippen molar-refractivity contribution < 1.29 is 33.4 Å². The molecule has 0 radical (unpaired) electrons. The molecule has 5 amide bonds. The summed E-state index contributed by atoms with van der Waals surface area (Å²) >= 11 is 0. The molecular formula is C52H64N8O7. The lowest BCUT2D eigenvalue weighted by Crippen LogP contribution is -2.48. The number of ether oxygens (including phenoxy) is 2. The van der Waals surface area contributed by atoms with Gasteiger partial charge in [-0.3, -0.25) is 19.4 Å². The number of pyridine rings is 1. The number of rotatable bonds is 12. The van der Waals surface area contributed by atoms with E-state index in [9.17, 15) is 24.0 Å². The van der Waals surface area contributed by atoms with Gasteiger partial charge in [-0.05, 0) is 158 Å². The van der Waals surface area contributed by atoms with Crippen LogP contribution >= 0.6 is 0 Å². The molecule has 1 aliphatic carbocycles. The minimum atomic E-state index is -0.880. The maximum atomic E-state index is 14.2. The highest BCUT2D eigenvalue weighted by molar-refractivity contribution is 5.99. The topological polar surface area (TPSA) is 197 Å². The van der Waals surface area contributed by atoms with E-state index in [1.165, 1.54) is 0 Å². The SMILES string of the molecule is Cc1cc(C(=O)NC2CCN(C(=O)OC(C)(C)C)CC2)ccc1-c1ccc(C[C@H](NC(=O)[C@H]2CC[C@H](CNC(=O)OC(C)(C)C)CC2)C(=O)Nc2ccc3[nH]c(-c4cccnc4)nc3c2)cc1. The Bertz CT molecular complexity index is 2550. The average molecular weight is 913 g/mol. The lowest BCUT2D eigenvalue weighted by atomic mass is 9.81. The summed E-state index contributed by atoms with van der Waals surface area (Å²) in [5.41, 5.74) is 5.99. The van der Waals surface area contributed by atoms with Gasteiger partial charge in [-0.25, -0.2) is 14.6 Å². The predicted molar refractivity (Wildman–Crippen MR) is 258 cm³/mol. The van der Waals surface area contributed by atoms with Gasteiger partial charge in [-0.2, -0.15) is 0 Å². The summed E-state index contributed by atoms with van der Waals surface area (Å²) < 4.78 is 10.9. The van der Waals surface area contributed by atoms with Crippen LogP contribution in [0.15, 0.2) is 85.2 Å². The highest BCUT2D eigenvalue weighted by Crippen LogP contribution is 2.30. The molecule has 15 nitrogen and oxygen atoms in total. The summed E-state index contributed by atoms with van der Waals surface area (Å²) in [4.78, 5) is 80.0. The van der Waals surface area contributed by atoms with Crippen LogP contribution in [0.2, 0.25) is 0 Å². The Morgan fingerprint density at radius 2 is 1.54 bits per heavy atom. The Hall–Kier alpha value is -6.77. The number of nitrogens with one attached hydrogen (secondary N) is 5. The fourth-order valence-corrected chi connectivity index (χ4v) is 8.61. The fourth-order valence-electron chi connectivity index (χ4n) is 8.61. The first-order chi connectivity index (χ1) is 31.9. The first-order valence-electron chi connectivity index (χ1n) is 23.3. The number of hydrogen-bond acceptors (Lipinski definition) is 9. The van der Waals surface area contributed by atoms with Crippen LogP contribution < -0.4 is 21.3 Å². The zero-order valence-corrected chi connectivity index (χ0v) is 39.7. The Balaban J connectivity index is 0.996. The molecule has 67 heavy (non-hydrogen) atoms. The maximum absolute atomic E-state index is 14.2. The number of carbonyl (C=O) groups is 5. The number of aromatic amines is 1. The molecule has 3 heterocycles. The molecule has 1 saturated heterocycles. The van der Waals surface area contributed by atoms with Crippen LogP contribution in [0.25, 0.3) is 33.5 Å². The van der Waals surface area contributed by atoms with Crippen molar-refractivity contribution in [3.63, 3.8) is 0 Å². The van der Waals surface area contributed by atoms with E-state index in [0.29, 0.717) is 67.9 Å². The van der Waals surface area contributed by atoms with Gasteiger partial charge < -0.3 is 40.6 Å². The Kier molecular flexibility index (Phi) is 15.0. The van der Waals surface area contributed by atoms with Gasteiger partial charge in [0.2, 0.25) is 11.8 Å². The summed E-state index contributed by atoms with van der Waals surface area (Å²) in [6.45, 7) is 14.5. The number of H-pyrrole nitrogens is 1. The van der Waals surface area contributed by atoms with Crippen LogP contribution in [0.5, 0.6) is 0 Å². The first kappa shape index (κ1) is 48.2. The predicted octanol–water partition coefficient (Wildman–Crippen LogP) is 8.73. The molecule has 2 aromatic heterocycles. The number of likely N-dealkylation sites (tertiary alicyclic amines) is 1. The number of hydrogen-bond donors (Lipinski definition) is 5. The summed E-state index contributed by atoms with van der Waals surface area (Å²) in [5.74, 6) is -0.0685. The maximum Gasteiger partial charge on any atom is 0.410 e. The number of carbonyl (C=O) groups excluding carboxylic acids is 5. The van der Waals surface area contributed by atoms with Crippen molar-refractivity contribution in [3.8, 4) is 22.5 Å². The smallest absolute Gasteiger partial charge is 0.410 e. The molecule has 7 rings (SSSR count). The van der Waals surface area contributed by atoms with Crippen molar-refractivity contribution in [1.82, 2.24) is 35.8 Å².